The van der Waals surface area contributed by atoms with Gasteiger partial charge in [-0.25, -0.2) is 9.98 Å². The second kappa shape index (κ2) is 19.8. The van der Waals surface area contributed by atoms with Crippen molar-refractivity contribution in [2.24, 2.45) is 9.98 Å². The van der Waals surface area contributed by atoms with Gasteiger partial charge >= 0.3 is 31.6 Å². The zero-order valence-electron chi connectivity index (χ0n) is 28.8. The first kappa shape index (κ1) is 44.9. The van der Waals surface area contributed by atoms with Crippen molar-refractivity contribution < 1.29 is 51.6 Å². The Kier molecular flexibility index (Phi) is 18.1. The number of aromatic nitrogens is 2. The van der Waals surface area contributed by atoms with Gasteiger partial charge in [0.05, 0.1) is 22.4 Å². The fourth-order valence-corrected chi connectivity index (χ4v) is 4.05. The Labute approximate surface area is 292 Å². The molecule has 4 rings (SSSR count). The van der Waals surface area contributed by atoms with Gasteiger partial charge in [-0.05, 0) is 38.1 Å². The minimum absolute atomic E-state index is 0. The maximum Gasteiger partial charge on any atom is 2.00 e. The third-order valence-corrected chi connectivity index (χ3v) is 5.72. The molecule has 0 saturated heterocycles. The summed E-state index contributed by atoms with van der Waals surface area (Å²) in [7, 11) is 3.91. The van der Waals surface area contributed by atoms with E-state index in [0.717, 1.165) is 56.5 Å². The van der Waals surface area contributed by atoms with Crippen LogP contribution in [0.5, 0.6) is 0 Å². The van der Waals surface area contributed by atoms with E-state index >= 15 is 0 Å². The zero-order chi connectivity index (χ0) is 37.0. The SMILES string of the molecule is Cc1ccc2cccc(N=C(N(C)C)N(C)C)c2n1.Cc1ccc2cccc(N=C(N(C)C)N(C)C)c2n1.F[B-](F)(F)F.F[B-](F)(F)F.[Cu+2]. The number of rotatable bonds is 2. The van der Waals surface area contributed by atoms with E-state index in [4.69, 9.17) is 9.98 Å². The van der Waals surface area contributed by atoms with Crippen LogP contribution in [0.4, 0.5) is 45.9 Å². The molecule has 0 aliphatic heterocycles. The number of aliphatic imine (C=N–C) groups is 2. The van der Waals surface area contributed by atoms with E-state index in [2.05, 4.69) is 34.2 Å². The van der Waals surface area contributed by atoms with Crippen molar-refractivity contribution >= 4 is 59.6 Å². The first-order valence-corrected chi connectivity index (χ1v) is 14.3. The summed E-state index contributed by atoms with van der Waals surface area (Å²) in [6.07, 6.45) is 0. The standard InChI is InChI=1S/2C15H20N4.2BF4.Cu/c2*1-11-9-10-12-7-6-8-13(14(12)16-11)17-15(18(2)3)19(4)5;2*2-1(3,4)5;/h2*6-10H,1-5H3;;;/q;;2*-1;+2. The molecule has 0 spiro atoms. The van der Waals surface area contributed by atoms with Crippen LogP contribution in [0, 0.1) is 13.8 Å². The Morgan fingerprint density at radius 2 is 0.755 bits per heavy atom. The zero-order valence-corrected chi connectivity index (χ0v) is 29.8. The van der Waals surface area contributed by atoms with Gasteiger partial charge < -0.3 is 54.1 Å². The Balaban J connectivity index is 0.000000727. The van der Waals surface area contributed by atoms with Gasteiger partial charge in [-0.1, -0.05) is 36.4 Å². The summed E-state index contributed by atoms with van der Waals surface area (Å²) in [6, 6.07) is 20.4. The van der Waals surface area contributed by atoms with Crippen LogP contribution in [-0.4, -0.2) is 112 Å². The number of fused-ring (bicyclic) bond motifs is 2. The number of nitrogens with zero attached hydrogens (tertiary/aromatic N) is 8. The van der Waals surface area contributed by atoms with Gasteiger partial charge in [0.15, 0.2) is 0 Å². The van der Waals surface area contributed by atoms with Crippen molar-refractivity contribution in [3.63, 3.8) is 0 Å². The van der Waals surface area contributed by atoms with E-state index in [9.17, 15) is 34.5 Å². The van der Waals surface area contributed by atoms with Gasteiger partial charge in [-0.2, -0.15) is 0 Å². The number of pyridine rings is 2. The number of hydrogen-bond donors (Lipinski definition) is 0. The molecule has 0 bridgehead atoms. The van der Waals surface area contributed by atoms with Crippen molar-refractivity contribution in [1.82, 2.24) is 29.6 Å². The second-order valence-electron chi connectivity index (χ2n) is 11.0. The van der Waals surface area contributed by atoms with Crippen LogP contribution in [0.15, 0.2) is 70.6 Å². The summed E-state index contributed by atoms with van der Waals surface area (Å²) in [6.45, 7) is 4.00. The third kappa shape index (κ3) is 17.7. The topological polar surface area (TPSA) is 63.5 Å². The summed E-state index contributed by atoms with van der Waals surface area (Å²) in [5.74, 6) is 1.80. The van der Waals surface area contributed by atoms with E-state index in [1.165, 1.54) is 0 Å². The Hall–Kier alpha value is -4.11. The van der Waals surface area contributed by atoms with Crippen LogP contribution < -0.4 is 0 Å². The number of para-hydroxylation sites is 2. The van der Waals surface area contributed by atoms with Crippen LogP contribution in [0.2, 0.25) is 0 Å². The van der Waals surface area contributed by atoms with E-state index in [1.54, 1.807) is 0 Å². The summed E-state index contributed by atoms with van der Waals surface area (Å²) >= 11 is 0. The molecule has 2 aromatic heterocycles. The predicted octanol–water partition coefficient (Wildman–Crippen LogP) is 7.91. The normalized spacial score (nSPS) is 10.5. The molecule has 2 heterocycles. The van der Waals surface area contributed by atoms with Crippen molar-refractivity contribution in [2.75, 3.05) is 56.4 Å². The molecule has 2 aromatic carbocycles. The monoisotopic (exact) mass is 749 g/mol. The van der Waals surface area contributed by atoms with Gasteiger partial charge in [0, 0.05) is 78.5 Å². The summed E-state index contributed by atoms with van der Waals surface area (Å²) in [5.41, 5.74) is 5.71. The predicted molar refractivity (Wildman–Crippen MR) is 182 cm³/mol. The Morgan fingerprint density at radius 1 is 0.490 bits per heavy atom. The Morgan fingerprint density at radius 3 is 1.00 bits per heavy atom. The van der Waals surface area contributed by atoms with Crippen molar-refractivity contribution in [1.29, 1.82) is 0 Å². The van der Waals surface area contributed by atoms with Crippen LogP contribution in [0.1, 0.15) is 11.4 Å². The average molecular weight is 750 g/mol. The molecule has 49 heavy (non-hydrogen) atoms. The molecule has 19 heteroatoms. The van der Waals surface area contributed by atoms with Crippen LogP contribution >= 0.6 is 0 Å². The first-order chi connectivity index (χ1) is 22.0. The van der Waals surface area contributed by atoms with Gasteiger partial charge in [-0.3, -0.25) is 9.97 Å². The molecule has 0 atom stereocenters. The van der Waals surface area contributed by atoms with Gasteiger partial charge in [0.2, 0.25) is 11.9 Å². The molecule has 0 aliphatic carbocycles. The van der Waals surface area contributed by atoms with Crippen molar-refractivity contribution in [3.05, 3.63) is 72.1 Å². The van der Waals surface area contributed by atoms with E-state index in [0.29, 0.717) is 0 Å². The summed E-state index contributed by atoms with van der Waals surface area (Å²) in [4.78, 5) is 26.7. The van der Waals surface area contributed by atoms with E-state index < -0.39 is 14.5 Å². The minimum atomic E-state index is -6.00. The van der Waals surface area contributed by atoms with E-state index in [1.807, 2.05) is 126 Å². The maximum absolute atomic E-state index is 9.75. The molecule has 273 valence electrons. The maximum atomic E-state index is 9.75. The van der Waals surface area contributed by atoms with Gasteiger partial charge in [-0.15, -0.1) is 0 Å². The molecule has 0 saturated carbocycles. The molecule has 0 unspecified atom stereocenters. The Bertz CT molecular complexity index is 1530. The van der Waals surface area contributed by atoms with Crippen LogP contribution in [0.25, 0.3) is 21.8 Å². The number of halogens is 8. The van der Waals surface area contributed by atoms with Gasteiger partial charge in [0.25, 0.3) is 0 Å². The molecule has 0 fully saturated rings. The second-order valence-corrected chi connectivity index (χ2v) is 11.0. The molecule has 0 aliphatic rings. The number of aryl methyl sites for hydroxylation is 2. The quantitative estimate of drug-likeness (QED) is 0.0900. The molecule has 8 nitrogen and oxygen atoms in total. The van der Waals surface area contributed by atoms with Crippen molar-refractivity contribution in [2.45, 2.75) is 13.8 Å². The fourth-order valence-electron chi connectivity index (χ4n) is 4.05. The minimum Gasteiger partial charge on any atom is -0.418 e. The summed E-state index contributed by atoms with van der Waals surface area (Å²) < 4.78 is 78.0. The van der Waals surface area contributed by atoms with Gasteiger partial charge in [0.1, 0.15) is 0 Å². The molecule has 0 amide bonds. The van der Waals surface area contributed by atoms with E-state index in [-0.39, 0.29) is 17.1 Å². The number of benzene rings is 2. The molecular formula is C30H40B2CuF8N8. The van der Waals surface area contributed by atoms with Crippen LogP contribution in [-0.2, 0) is 17.1 Å². The largest absolute Gasteiger partial charge is 2.00 e. The summed E-state index contributed by atoms with van der Waals surface area (Å²) in [5, 5.41) is 2.23. The third-order valence-electron chi connectivity index (χ3n) is 5.72. The molecule has 1 radical (unpaired) electrons. The molecular weight excluding hydrogens is 710 g/mol. The smallest absolute Gasteiger partial charge is 0.418 e. The average Bonchev–Trinajstić information content (AvgIpc) is 2.92. The molecule has 0 N–H and O–H groups in total. The first-order valence-electron chi connectivity index (χ1n) is 14.3. The number of guanidine groups is 2. The number of hydrogen-bond acceptors (Lipinski definition) is 4. The molecule has 4 aromatic rings. The fraction of sp³-hybridized carbons (Fsp3) is 0.333. The van der Waals surface area contributed by atoms with Crippen molar-refractivity contribution in [3.8, 4) is 0 Å². The van der Waals surface area contributed by atoms with Crippen LogP contribution in [0.3, 0.4) is 0 Å².